The minimum atomic E-state index is -0.00256. The molecule has 0 amide bonds. The summed E-state index contributed by atoms with van der Waals surface area (Å²) in [5.41, 5.74) is 0. The lowest BCUT2D eigenvalue weighted by atomic mass is 9.96. The first-order chi connectivity index (χ1) is 7.84. The van der Waals surface area contributed by atoms with E-state index in [0.717, 1.165) is 45.3 Å². The Morgan fingerprint density at radius 2 is 2.12 bits per heavy atom. The smallest absolute Gasteiger partial charge is 0.308 e. The standard InChI is InChI=1S/C13H24O3/c1-2-3-4-9-15-10-5-7-12-8-6-11-16-13(12)14/h12H,2-11H2,1H3. The van der Waals surface area contributed by atoms with Gasteiger partial charge in [0.1, 0.15) is 0 Å². The molecule has 1 atom stereocenters. The minimum absolute atomic E-state index is 0.00256. The molecule has 3 nitrogen and oxygen atoms in total. The fourth-order valence-corrected chi connectivity index (χ4v) is 1.99. The zero-order chi connectivity index (χ0) is 11.6. The van der Waals surface area contributed by atoms with Gasteiger partial charge in [-0.05, 0) is 32.1 Å². The summed E-state index contributed by atoms with van der Waals surface area (Å²) in [6.07, 6.45) is 7.55. The molecule has 3 heteroatoms. The van der Waals surface area contributed by atoms with Crippen LogP contribution in [0.2, 0.25) is 0 Å². The van der Waals surface area contributed by atoms with Gasteiger partial charge >= 0.3 is 5.97 Å². The third-order valence-electron chi connectivity index (χ3n) is 3.01. The fourth-order valence-electron chi connectivity index (χ4n) is 1.99. The zero-order valence-electron chi connectivity index (χ0n) is 10.4. The number of hydrogen-bond donors (Lipinski definition) is 0. The van der Waals surface area contributed by atoms with Crippen molar-refractivity contribution in [1.82, 2.24) is 0 Å². The molecule has 0 spiro atoms. The van der Waals surface area contributed by atoms with Gasteiger partial charge in [0.25, 0.3) is 0 Å². The molecular weight excluding hydrogens is 204 g/mol. The lowest BCUT2D eigenvalue weighted by Gasteiger charge is -2.20. The second kappa shape index (κ2) is 8.57. The lowest BCUT2D eigenvalue weighted by Crippen LogP contribution is -2.24. The molecule has 1 aliphatic heterocycles. The van der Waals surface area contributed by atoms with Crippen LogP contribution in [-0.2, 0) is 14.3 Å². The number of cyclic esters (lactones) is 1. The molecule has 0 aromatic heterocycles. The average Bonchev–Trinajstić information content (AvgIpc) is 2.30. The maximum atomic E-state index is 11.3. The topological polar surface area (TPSA) is 35.5 Å². The normalized spacial score (nSPS) is 20.8. The molecule has 1 fully saturated rings. The van der Waals surface area contributed by atoms with Crippen LogP contribution in [0.25, 0.3) is 0 Å². The Bertz CT molecular complexity index is 192. The third-order valence-corrected chi connectivity index (χ3v) is 3.01. The van der Waals surface area contributed by atoms with Gasteiger partial charge in [0.15, 0.2) is 0 Å². The van der Waals surface area contributed by atoms with E-state index < -0.39 is 0 Å². The Hall–Kier alpha value is -0.570. The van der Waals surface area contributed by atoms with Gasteiger partial charge in [-0.3, -0.25) is 4.79 Å². The first-order valence-electron chi connectivity index (χ1n) is 6.59. The van der Waals surface area contributed by atoms with Crippen LogP contribution in [-0.4, -0.2) is 25.8 Å². The summed E-state index contributed by atoms with van der Waals surface area (Å²) in [4.78, 5) is 11.3. The number of carbonyl (C=O) groups excluding carboxylic acids is 1. The molecule has 0 bridgehead atoms. The summed E-state index contributed by atoms with van der Waals surface area (Å²) in [6, 6.07) is 0. The van der Waals surface area contributed by atoms with E-state index in [2.05, 4.69) is 6.92 Å². The van der Waals surface area contributed by atoms with Crippen LogP contribution in [0.3, 0.4) is 0 Å². The molecule has 1 heterocycles. The predicted molar refractivity (Wildman–Crippen MR) is 63.3 cm³/mol. The van der Waals surface area contributed by atoms with Crippen LogP contribution >= 0.6 is 0 Å². The quantitative estimate of drug-likeness (QED) is 0.473. The van der Waals surface area contributed by atoms with E-state index >= 15 is 0 Å². The molecule has 0 aromatic carbocycles. The highest BCUT2D eigenvalue weighted by Gasteiger charge is 2.22. The summed E-state index contributed by atoms with van der Waals surface area (Å²) in [5, 5.41) is 0. The summed E-state index contributed by atoms with van der Waals surface area (Å²) < 4.78 is 10.5. The monoisotopic (exact) mass is 228 g/mol. The van der Waals surface area contributed by atoms with Crippen LogP contribution < -0.4 is 0 Å². The lowest BCUT2D eigenvalue weighted by molar-refractivity contribution is -0.153. The molecule has 0 aromatic rings. The van der Waals surface area contributed by atoms with E-state index in [-0.39, 0.29) is 11.9 Å². The summed E-state index contributed by atoms with van der Waals surface area (Å²) in [7, 11) is 0. The summed E-state index contributed by atoms with van der Waals surface area (Å²) >= 11 is 0. The third kappa shape index (κ3) is 5.50. The maximum Gasteiger partial charge on any atom is 0.308 e. The number of rotatable bonds is 8. The van der Waals surface area contributed by atoms with Crippen LogP contribution in [0.5, 0.6) is 0 Å². The van der Waals surface area contributed by atoms with Gasteiger partial charge in [-0.25, -0.2) is 0 Å². The number of esters is 1. The highest BCUT2D eigenvalue weighted by molar-refractivity contribution is 5.72. The van der Waals surface area contributed by atoms with Crippen molar-refractivity contribution < 1.29 is 14.3 Å². The summed E-state index contributed by atoms with van der Waals surface area (Å²) in [5.74, 6) is 0.130. The molecule has 94 valence electrons. The first kappa shape index (κ1) is 13.5. The molecule has 1 rings (SSSR count). The van der Waals surface area contributed by atoms with E-state index in [1.54, 1.807) is 0 Å². The number of hydrogen-bond acceptors (Lipinski definition) is 3. The minimum Gasteiger partial charge on any atom is -0.465 e. The Labute approximate surface area is 98.5 Å². The van der Waals surface area contributed by atoms with Crippen LogP contribution in [0.4, 0.5) is 0 Å². The molecule has 1 unspecified atom stereocenters. The SMILES string of the molecule is CCCCCOCCCC1CCCOC1=O. The highest BCUT2D eigenvalue weighted by Crippen LogP contribution is 2.19. The van der Waals surface area contributed by atoms with Gasteiger partial charge in [0.2, 0.25) is 0 Å². The Balaban J connectivity index is 1.92. The largest absolute Gasteiger partial charge is 0.465 e. The van der Waals surface area contributed by atoms with Crippen LogP contribution in [0.1, 0.15) is 51.9 Å². The molecule has 1 saturated heterocycles. The van der Waals surface area contributed by atoms with Gasteiger partial charge in [0, 0.05) is 13.2 Å². The number of unbranched alkanes of at least 4 members (excludes halogenated alkanes) is 2. The average molecular weight is 228 g/mol. The second-order valence-electron chi connectivity index (χ2n) is 4.47. The van der Waals surface area contributed by atoms with E-state index in [4.69, 9.17) is 9.47 Å². The number of carbonyl (C=O) groups is 1. The molecule has 0 aliphatic carbocycles. The van der Waals surface area contributed by atoms with Crippen LogP contribution in [0, 0.1) is 5.92 Å². The Morgan fingerprint density at radius 1 is 1.31 bits per heavy atom. The molecule has 0 N–H and O–H groups in total. The summed E-state index contributed by atoms with van der Waals surface area (Å²) in [6.45, 7) is 4.45. The van der Waals surface area contributed by atoms with Crippen LogP contribution in [0.15, 0.2) is 0 Å². The Kier molecular flexibility index (Phi) is 7.23. The second-order valence-corrected chi connectivity index (χ2v) is 4.47. The van der Waals surface area contributed by atoms with Gasteiger partial charge in [-0.2, -0.15) is 0 Å². The molecule has 16 heavy (non-hydrogen) atoms. The van der Waals surface area contributed by atoms with E-state index in [1.807, 2.05) is 0 Å². The molecule has 0 saturated carbocycles. The van der Waals surface area contributed by atoms with Gasteiger partial charge in [-0.15, -0.1) is 0 Å². The predicted octanol–water partition coefficient (Wildman–Crippen LogP) is 2.93. The van der Waals surface area contributed by atoms with Crippen molar-refractivity contribution in [1.29, 1.82) is 0 Å². The first-order valence-corrected chi connectivity index (χ1v) is 6.59. The fraction of sp³-hybridized carbons (Fsp3) is 0.923. The van der Waals surface area contributed by atoms with E-state index in [0.29, 0.717) is 6.61 Å². The van der Waals surface area contributed by atoms with Crippen molar-refractivity contribution in [2.24, 2.45) is 5.92 Å². The molecule has 0 radical (unpaired) electrons. The number of ether oxygens (including phenoxy) is 2. The maximum absolute atomic E-state index is 11.3. The van der Waals surface area contributed by atoms with E-state index in [9.17, 15) is 4.79 Å². The van der Waals surface area contributed by atoms with Crippen molar-refractivity contribution in [2.45, 2.75) is 51.9 Å². The van der Waals surface area contributed by atoms with Crippen molar-refractivity contribution in [2.75, 3.05) is 19.8 Å². The van der Waals surface area contributed by atoms with Gasteiger partial charge < -0.3 is 9.47 Å². The Morgan fingerprint density at radius 3 is 2.88 bits per heavy atom. The highest BCUT2D eigenvalue weighted by atomic mass is 16.5. The van der Waals surface area contributed by atoms with Gasteiger partial charge in [-0.1, -0.05) is 19.8 Å². The molecule has 1 aliphatic rings. The van der Waals surface area contributed by atoms with Crippen molar-refractivity contribution in [3.05, 3.63) is 0 Å². The van der Waals surface area contributed by atoms with Crippen molar-refractivity contribution in [3.8, 4) is 0 Å². The van der Waals surface area contributed by atoms with Crippen molar-refractivity contribution >= 4 is 5.97 Å². The molecular formula is C13H24O3. The van der Waals surface area contributed by atoms with Crippen molar-refractivity contribution in [3.63, 3.8) is 0 Å². The zero-order valence-corrected chi connectivity index (χ0v) is 10.4. The van der Waals surface area contributed by atoms with Gasteiger partial charge in [0.05, 0.1) is 12.5 Å². The van der Waals surface area contributed by atoms with E-state index in [1.165, 1.54) is 12.8 Å².